The average molecular weight is 439 g/mol. The van der Waals surface area contributed by atoms with E-state index >= 15 is 0 Å². The second-order valence-electron chi connectivity index (χ2n) is 6.50. The first-order valence-corrected chi connectivity index (χ1v) is 9.65. The Balaban J connectivity index is 1.64. The zero-order valence-corrected chi connectivity index (χ0v) is 17.8. The molecule has 0 fully saturated rings. The second kappa shape index (κ2) is 8.53. The van der Waals surface area contributed by atoms with Gasteiger partial charge < -0.3 is 19.5 Å². The highest BCUT2D eigenvalue weighted by atomic mass is 35.5. The number of nitrogens with zero attached hydrogens (tertiary/aromatic N) is 3. The van der Waals surface area contributed by atoms with Crippen LogP contribution in [0.3, 0.4) is 0 Å². The fourth-order valence-electron chi connectivity index (χ4n) is 3.16. The van der Waals surface area contributed by atoms with Gasteiger partial charge in [0, 0.05) is 5.69 Å². The van der Waals surface area contributed by atoms with Gasteiger partial charge in [0.15, 0.2) is 0 Å². The summed E-state index contributed by atoms with van der Waals surface area (Å²) in [5, 5.41) is 12.3. The van der Waals surface area contributed by atoms with Crippen molar-refractivity contribution < 1.29 is 19.0 Å². The van der Waals surface area contributed by atoms with Crippen LogP contribution in [0.25, 0.3) is 16.7 Å². The Hall–Kier alpha value is -3.78. The molecule has 9 heteroatoms. The first-order valence-electron chi connectivity index (χ1n) is 9.27. The lowest BCUT2D eigenvalue weighted by molar-refractivity contribution is 0.102. The molecule has 1 aromatic heterocycles. The van der Waals surface area contributed by atoms with Crippen LogP contribution in [0.4, 0.5) is 5.69 Å². The summed E-state index contributed by atoms with van der Waals surface area (Å²) in [6, 6.07) is 15.7. The molecule has 4 rings (SSSR count). The van der Waals surface area contributed by atoms with E-state index < -0.39 is 0 Å². The number of halogens is 1. The largest absolute Gasteiger partial charge is 0.496 e. The predicted octanol–water partition coefficient (Wildman–Crippen LogP) is 4.35. The van der Waals surface area contributed by atoms with E-state index in [1.807, 2.05) is 0 Å². The number of hydrogen-bond donors (Lipinski definition) is 1. The fraction of sp³-hybridized carbons (Fsp3) is 0.136. The molecular weight excluding hydrogens is 420 g/mol. The molecule has 0 aliphatic carbocycles. The van der Waals surface area contributed by atoms with Gasteiger partial charge in [-0.3, -0.25) is 4.79 Å². The summed E-state index contributed by atoms with van der Waals surface area (Å²) in [6.45, 7) is 0. The molecule has 1 N–H and O–H groups in total. The fourth-order valence-corrected chi connectivity index (χ4v) is 3.41. The summed E-state index contributed by atoms with van der Waals surface area (Å²) in [7, 11) is 4.56. The highest BCUT2D eigenvalue weighted by molar-refractivity contribution is 6.32. The molecule has 0 saturated carbocycles. The normalized spacial score (nSPS) is 10.7. The van der Waals surface area contributed by atoms with Crippen LogP contribution in [0, 0.1) is 0 Å². The summed E-state index contributed by atoms with van der Waals surface area (Å²) in [6.07, 6.45) is 0. The predicted molar refractivity (Wildman–Crippen MR) is 118 cm³/mol. The van der Waals surface area contributed by atoms with Crippen LogP contribution < -0.4 is 19.5 Å². The van der Waals surface area contributed by atoms with E-state index in [0.29, 0.717) is 50.2 Å². The molecule has 8 nitrogen and oxygen atoms in total. The number of nitrogens with one attached hydrogen (secondary N) is 1. The molecule has 1 heterocycles. The van der Waals surface area contributed by atoms with Crippen molar-refractivity contribution in [1.29, 1.82) is 0 Å². The molecule has 0 aliphatic heterocycles. The van der Waals surface area contributed by atoms with Gasteiger partial charge in [-0.05, 0) is 48.5 Å². The molecule has 0 aliphatic rings. The number of anilines is 1. The number of carbonyl (C=O) groups is 1. The van der Waals surface area contributed by atoms with Crippen LogP contribution in [0.2, 0.25) is 5.02 Å². The summed E-state index contributed by atoms with van der Waals surface area (Å²) in [5.41, 5.74) is 2.83. The topological polar surface area (TPSA) is 87.5 Å². The number of carbonyl (C=O) groups excluding carboxylic acids is 1. The third-order valence-corrected chi connectivity index (χ3v) is 4.95. The van der Waals surface area contributed by atoms with E-state index in [-0.39, 0.29) is 5.91 Å². The van der Waals surface area contributed by atoms with Gasteiger partial charge in [0.2, 0.25) is 0 Å². The smallest absolute Gasteiger partial charge is 0.263 e. The van der Waals surface area contributed by atoms with E-state index in [1.54, 1.807) is 61.7 Å². The molecule has 0 spiro atoms. The van der Waals surface area contributed by atoms with E-state index in [2.05, 4.69) is 15.5 Å². The van der Waals surface area contributed by atoms with Crippen molar-refractivity contribution in [2.75, 3.05) is 26.6 Å². The second-order valence-corrected chi connectivity index (χ2v) is 6.91. The molecule has 4 aromatic rings. The molecule has 0 bridgehead atoms. The Morgan fingerprint density at radius 1 is 0.871 bits per heavy atom. The van der Waals surface area contributed by atoms with Crippen molar-refractivity contribution in [2.24, 2.45) is 0 Å². The maximum absolute atomic E-state index is 12.9. The van der Waals surface area contributed by atoms with Crippen molar-refractivity contribution in [3.8, 4) is 22.9 Å². The Bertz CT molecular complexity index is 1250. The maximum Gasteiger partial charge on any atom is 0.263 e. The van der Waals surface area contributed by atoms with Gasteiger partial charge in [-0.25, -0.2) is 0 Å². The van der Waals surface area contributed by atoms with Gasteiger partial charge in [0.25, 0.3) is 5.91 Å². The van der Waals surface area contributed by atoms with Crippen molar-refractivity contribution in [2.45, 2.75) is 0 Å². The first-order chi connectivity index (χ1) is 15.0. The third-order valence-electron chi connectivity index (χ3n) is 4.66. The number of methoxy groups -OCH3 is 3. The van der Waals surface area contributed by atoms with Crippen LogP contribution in [-0.4, -0.2) is 42.2 Å². The summed E-state index contributed by atoms with van der Waals surface area (Å²) in [4.78, 5) is 14.4. The molecular formula is C22H19ClN4O4. The van der Waals surface area contributed by atoms with Crippen molar-refractivity contribution in [3.05, 3.63) is 65.2 Å². The zero-order chi connectivity index (χ0) is 22.0. The molecule has 158 valence electrons. The summed E-state index contributed by atoms with van der Waals surface area (Å²) >= 11 is 6.21. The van der Waals surface area contributed by atoms with E-state index in [9.17, 15) is 4.79 Å². The molecule has 31 heavy (non-hydrogen) atoms. The average Bonchev–Trinajstić information content (AvgIpc) is 3.21. The van der Waals surface area contributed by atoms with E-state index in [4.69, 9.17) is 25.8 Å². The lowest BCUT2D eigenvalue weighted by Gasteiger charge is -2.12. The van der Waals surface area contributed by atoms with Gasteiger partial charge in [-0.2, -0.15) is 4.80 Å². The van der Waals surface area contributed by atoms with Crippen LogP contribution in [0.15, 0.2) is 54.6 Å². The first kappa shape index (κ1) is 20.5. The van der Waals surface area contributed by atoms with Crippen LogP contribution >= 0.6 is 11.6 Å². The lowest BCUT2D eigenvalue weighted by atomic mass is 10.1. The Morgan fingerprint density at radius 3 is 2.19 bits per heavy atom. The monoisotopic (exact) mass is 438 g/mol. The van der Waals surface area contributed by atoms with Crippen molar-refractivity contribution in [1.82, 2.24) is 15.0 Å². The minimum absolute atomic E-state index is 0.309. The molecule has 0 unspecified atom stereocenters. The van der Waals surface area contributed by atoms with Crippen molar-refractivity contribution in [3.63, 3.8) is 0 Å². The SMILES string of the molecule is COc1ccc(-n2nc3ccc(NC(=O)c4c(OC)cccc4OC)cc3n2)cc1Cl. The number of ether oxygens (including phenoxy) is 3. The molecule has 1 amide bonds. The third kappa shape index (κ3) is 3.97. The Kier molecular flexibility index (Phi) is 5.64. The molecule has 0 atom stereocenters. The maximum atomic E-state index is 12.9. The van der Waals surface area contributed by atoms with Crippen molar-refractivity contribution >= 4 is 34.2 Å². The summed E-state index contributed by atoms with van der Waals surface area (Å²) in [5.74, 6) is 1.04. The molecule has 0 radical (unpaired) electrons. The molecule has 3 aromatic carbocycles. The number of fused-ring (bicyclic) bond motifs is 1. The quantitative estimate of drug-likeness (QED) is 0.481. The van der Waals surface area contributed by atoms with Gasteiger partial charge >= 0.3 is 0 Å². The Labute approximate surface area is 183 Å². The zero-order valence-electron chi connectivity index (χ0n) is 17.0. The number of amides is 1. The lowest BCUT2D eigenvalue weighted by Crippen LogP contribution is -2.14. The van der Waals surface area contributed by atoms with Crippen LogP contribution in [-0.2, 0) is 0 Å². The number of benzene rings is 3. The number of rotatable bonds is 6. The molecule has 0 saturated heterocycles. The van der Waals surface area contributed by atoms with E-state index in [1.165, 1.54) is 19.0 Å². The number of hydrogen-bond acceptors (Lipinski definition) is 6. The van der Waals surface area contributed by atoms with Gasteiger partial charge in [-0.1, -0.05) is 17.7 Å². The van der Waals surface area contributed by atoms with Gasteiger partial charge in [-0.15, -0.1) is 10.2 Å². The Morgan fingerprint density at radius 2 is 1.55 bits per heavy atom. The number of aromatic nitrogens is 3. The highest BCUT2D eigenvalue weighted by Gasteiger charge is 2.19. The van der Waals surface area contributed by atoms with Crippen LogP contribution in [0.5, 0.6) is 17.2 Å². The minimum Gasteiger partial charge on any atom is -0.496 e. The van der Waals surface area contributed by atoms with E-state index in [0.717, 1.165) is 0 Å². The minimum atomic E-state index is -0.358. The summed E-state index contributed by atoms with van der Waals surface area (Å²) < 4.78 is 15.8. The standard InChI is InChI=1S/C22H19ClN4O4/c1-29-18-10-8-14(12-15(18)23)27-25-16-9-7-13(11-17(16)26-27)24-22(28)21-19(30-2)5-4-6-20(21)31-3/h4-12H,1-3H3,(H,24,28). The van der Waals surface area contributed by atoms with Gasteiger partial charge in [0.05, 0.1) is 32.0 Å². The van der Waals surface area contributed by atoms with Gasteiger partial charge in [0.1, 0.15) is 33.8 Å². The highest BCUT2D eigenvalue weighted by Crippen LogP contribution is 2.30. The van der Waals surface area contributed by atoms with Crippen LogP contribution in [0.1, 0.15) is 10.4 Å².